The molecule has 0 saturated carbocycles. The van der Waals surface area contributed by atoms with Crippen LogP contribution in [-0.4, -0.2) is 29.0 Å². The Hall–Kier alpha value is -4.13. The number of hydrogen-bond acceptors (Lipinski definition) is 4. The van der Waals surface area contributed by atoms with Gasteiger partial charge in [0.15, 0.2) is 0 Å². The average molecular weight is 415 g/mol. The van der Waals surface area contributed by atoms with Crippen LogP contribution in [-0.2, 0) is 9.59 Å². The minimum Gasteiger partial charge on any atom is -0.492 e. The van der Waals surface area contributed by atoms with Crippen molar-refractivity contribution < 1.29 is 19.1 Å². The number of amides is 4. The number of carbonyl (C=O) groups is 3. The third kappa shape index (κ3) is 3.85. The Morgan fingerprint density at radius 2 is 1.71 bits per heavy atom. The highest BCUT2D eigenvalue weighted by Crippen LogP contribution is 2.31. The summed E-state index contributed by atoms with van der Waals surface area (Å²) in [5.41, 5.74) is 2.78. The number of nitrogens with one attached hydrogen (secondary N) is 1. The third-order valence-corrected chi connectivity index (χ3v) is 4.89. The number of nitrogens with zero attached hydrogens (tertiary/aromatic N) is 2. The minimum absolute atomic E-state index is 0.141. The van der Waals surface area contributed by atoms with E-state index in [1.54, 1.807) is 30.3 Å². The Bertz CT molecular complexity index is 1190. The number of ether oxygens (including phenoxy) is 1. The Morgan fingerprint density at radius 1 is 0.968 bits per heavy atom. The summed E-state index contributed by atoms with van der Waals surface area (Å²) in [6.07, 6.45) is 3.33. The Morgan fingerprint density at radius 3 is 2.45 bits per heavy atom. The van der Waals surface area contributed by atoms with Crippen LogP contribution in [0.2, 0.25) is 0 Å². The summed E-state index contributed by atoms with van der Waals surface area (Å²) in [5.74, 6) is -1.07. The van der Waals surface area contributed by atoms with E-state index in [0.29, 0.717) is 18.1 Å². The van der Waals surface area contributed by atoms with Gasteiger partial charge in [0.1, 0.15) is 11.3 Å². The van der Waals surface area contributed by atoms with Gasteiger partial charge in [-0.1, -0.05) is 29.8 Å². The van der Waals surface area contributed by atoms with Crippen LogP contribution < -0.4 is 15.0 Å². The molecular weight excluding hydrogens is 394 g/mol. The topological polar surface area (TPSA) is 80.6 Å². The van der Waals surface area contributed by atoms with Gasteiger partial charge in [-0.3, -0.25) is 14.9 Å². The molecule has 1 fully saturated rings. The maximum absolute atomic E-state index is 13.2. The lowest BCUT2D eigenvalue weighted by Crippen LogP contribution is -2.54. The fourth-order valence-corrected chi connectivity index (χ4v) is 3.40. The summed E-state index contributed by atoms with van der Waals surface area (Å²) in [7, 11) is 0. The molecule has 0 radical (unpaired) electrons. The molecule has 7 heteroatoms. The van der Waals surface area contributed by atoms with Gasteiger partial charge < -0.3 is 9.30 Å². The first-order valence-corrected chi connectivity index (χ1v) is 9.87. The first-order chi connectivity index (χ1) is 15.0. The number of benzene rings is 2. The second kappa shape index (κ2) is 8.31. The summed E-state index contributed by atoms with van der Waals surface area (Å²) < 4.78 is 7.42. The highest BCUT2D eigenvalue weighted by Gasteiger charge is 2.38. The number of anilines is 1. The maximum atomic E-state index is 13.2. The van der Waals surface area contributed by atoms with Crippen LogP contribution in [0.1, 0.15) is 18.2 Å². The van der Waals surface area contributed by atoms with Crippen molar-refractivity contribution in [2.45, 2.75) is 13.8 Å². The molecule has 1 saturated heterocycles. The Balaban J connectivity index is 1.75. The van der Waals surface area contributed by atoms with Gasteiger partial charge in [-0.25, -0.2) is 9.69 Å². The number of barbiturate groups is 1. The lowest BCUT2D eigenvalue weighted by molar-refractivity contribution is -0.122. The molecule has 1 aromatic heterocycles. The molecule has 1 aliphatic heterocycles. The lowest BCUT2D eigenvalue weighted by Gasteiger charge is -2.27. The van der Waals surface area contributed by atoms with E-state index in [1.165, 1.54) is 6.08 Å². The van der Waals surface area contributed by atoms with E-state index in [-0.39, 0.29) is 11.3 Å². The summed E-state index contributed by atoms with van der Waals surface area (Å²) in [4.78, 5) is 39.2. The normalized spacial score (nSPS) is 15.4. The molecule has 2 aromatic carbocycles. The first kappa shape index (κ1) is 20.2. The maximum Gasteiger partial charge on any atom is 0.336 e. The van der Waals surface area contributed by atoms with Crippen LogP contribution in [0.15, 0.2) is 72.4 Å². The van der Waals surface area contributed by atoms with Gasteiger partial charge in [0.05, 0.1) is 12.3 Å². The minimum atomic E-state index is -0.812. The standard InChI is InChI=1S/C24H21N3O4/c1-3-31-21-9-5-4-8-20(21)27-23(29)19(22(28)25-24(27)30)15-18-7-6-14-26(18)17-12-10-16(2)11-13-17/h4-15H,3H2,1-2H3,(H,25,28,30)/b19-15+. The molecule has 31 heavy (non-hydrogen) atoms. The molecule has 0 unspecified atom stereocenters. The second-order valence-electron chi connectivity index (χ2n) is 7.00. The van der Waals surface area contributed by atoms with E-state index in [4.69, 9.17) is 4.74 Å². The van der Waals surface area contributed by atoms with Crippen molar-refractivity contribution in [3.8, 4) is 11.4 Å². The van der Waals surface area contributed by atoms with Gasteiger partial charge in [-0.2, -0.15) is 0 Å². The van der Waals surface area contributed by atoms with E-state index in [2.05, 4.69) is 5.32 Å². The predicted molar refractivity (Wildman–Crippen MR) is 117 cm³/mol. The van der Waals surface area contributed by atoms with Crippen LogP contribution in [0, 0.1) is 6.92 Å². The van der Waals surface area contributed by atoms with Crippen LogP contribution in [0.25, 0.3) is 11.8 Å². The smallest absolute Gasteiger partial charge is 0.336 e. The molecule has 4 amide bonds. The molecular formula is C24H21N3O4. The number of urea groups is 1. The van der Waals surface area contributed by atoms with Gasteiger partial charge in [0.2, 0.25) is 0 Å². The number of carbonyl (C=O) groups excluding carboxylic acids is 3. The summed E-state index contributed by atoms with van der Waals surface area (Å²) >= 11 is 0. The first-order valence-electron chi connectivity index (χ1n) is 9.87. The largest absolute Gasteiger partial charge is 0.492 e. The van der Waals surface area contributed by atoms with Gasteiger partial charge in [0.25, 0.3) is 11.8 Å². The SMILES string of the molecule is CCOc1ccccc1N1C(=O)NC(=O)/C(=C\c2cccn2-c2ccc(C)cc2)C1=O. The second-order valence-corrected chi connectivity index (χ2v) is 7.00. The summed E-state index contributed by atoms with van der Waals surface area (Å²) in [5, 5.41) is 2.25. The Kier molecular flexibility index (Phi) is 5.41. The van der Waals surface area contributed by atoms with Crippen molar-refractivity contribution >= 4 is 29.6 Å². The molecule has 1 aliphatic rings. The fraction of sp³-hybridized carbons (Fsp3) is 0.125. The third-order valence-electron chi connectivity index (χ3n) is 4.89. The van der Waals surface area contributed by atoms with Crippen molar-refractivity contribution in [1.82, 2.24) is 9.88 Å². The number of rotatable bonds is 5. The van der Waals surface area contributed by atoms with Gasteiger partial charge in [-0.15, -0.1) is 0 Å². The molecule has 0 spiro atoms. The highest BCUT2D eigenvalue weighted by atomic mass is 16.5. The zero-order valence-electron chi connectivity index (χ0n) is 17.2. The molecule has 7 nitrogen and oxygen atoms in total. The number of aryl methyl sites for hydroxylation is 1. The monoisotopic (exact) mass is 415 g/mol. The highest BCUT2D eigenvalue weighted by molar-refractivity contribution is 6.39. The molecule has 0 bridgehead atoms. The number of imide groups is 2. The van der Waals surface area contributed by atoms with Crippen LogP contribution in [0.4, 0.5) is 10.5 Å². The van der Waals surface area contributed by atoms with E-state index in [9.17, 15) is 14.4 Å². The molecule has 1 N–H and O–H groups in total. The van der Waals surface area contributed by atoms with Crippen molar-refractivity contribution in [3.05, 3.63) is 83.7 Å². The molecule has 2 heterocycles. The summed E-state index contributed by atoms with van der Waals surface area (Å²) in [6, 6.07) is 17.4. The molecule has 0 aliphatic carbocycles. The zero-order chi connectivity index (χ0) is 22.0. The van der Waals surface area contributed by atoms with Crippen LogP contribution in [0.3, 0.4) is 0 Å². The van der Waals surface area contributed by atoms with E-state index in [1.807, 2.05) is 54.9 Å². The average Bonchev–Trinajstić information content (AvgIpc) is 3.21. The predicted octanol–water partition coefficient (Wildman–Crippen LogP) is 3.85. The summed E-state index contributed by atoms with van der Waals surface area (Å²) in [6.45, 7) is 4.17. The van der Waals surface area contributed by atoms with E-state index >= 15 is 0 Å². The van der Waals surface area contributed by atoms with E-state index in [0.717, 1.165) is 16.2 Å². The van der Waals surface area contributed by atoms with Crippen LogP contribution >= 0.6 is 0 Å². The molecule has 4 rings (SSSR count). The fourth-order valence-electron chi connectivity index (χ4n) is 3.40. The van der Waals surface area contributed by atoms with Gasteiger partial charge >= 0.3 is 6.03 Å². The van der Waals surface area contributed by atoms with Crippen LogP contribution in [0.5, 0.6) is 5.75 Å². The number of hydrogen-bond donors (Lipinski definition) is 1. The van der Waals surface area contributed by atoms with Crippen molar-refractivity contribution in [1.29, 1.82) is 0 Å². The molecule has 0 atom stereocenters. The van der Waals surface area contributed by atoms with Crippen molar-refractivity contribution in [2.24, 2.45) is 0 Å². The van der Waals surface area contributed by atoms with E-state index < -0.39 is 17.8 Å². The van der Waals surface area contributed by atoms with Crippen molar-refractivity contribution in [3.63, 3.8) is 0 Å². The van der Waals surface area contributed by atoms with Gasteiger partial charge in [-0.05, 0) is 56.3 Å². The van der Waals surface area contributed by atoms with Gasteiger partial charge in [0, 0.05) is 17.6 Å². The molecule has 156 valence electrons. The zero-order valence-corrected chi connectivity index (χ0v) is 17.2. The molecule has 3 aromatic rings. The quantitative estimate of drug-likeness (QED) is 0.507. The number of aromatic nitrogens is 1. The van der Waals surface area contributed by atoms with Crippen molar-refractivity contribution in [2.75, 3.05) is 11.5 Å². The number of para-hydroxylation sites is 2. The lowest BCUT2D eigenvalue weighted by atomic mass is 10.1. The Labute approximate surface area is 179 Å².